The van der Waals surface area contributed by atoms with Gasteiger partial charge in [-0.15, -0.1) is 0 Å². The molecule has 1 unspecified atom stereocenters. The summed E-state index contributed by atoms with van der Waals surface area (Å²) in [4.78, 5) is 0. The molecule has 1 rings (SSSR count). The minimum atomic E-state index is 0.239. The van der Waals surface area contributed by atoms with E-state index in [1.165, 1.54) is 37.7 Å². The highest BCUT2D eigenvalue weighted by atomic mass is 35.5. The van der Waals surface area contributed by atoms with Gasteiger partial charge in [-0.05, 0) is 30.5 Å². The van der Waals surface area contributed by atoms with Crippen molar-refractivity contribution in [3.05, 3.63) is 34.3 Å². The van der Waals surface area contributed by atoms with Crippen LogP contribution in [0.2, 0.25) is 5.02 Å². The lowest BCUT2D eigenvalue weighted by molar-refractivity contribution is 0.479. The highest BCUT2D eigenvalue weighted by Gasteiger charge is 2.10. The summed E-state index contributed by atoms with van der Waals surface area (Å²) in [5.41, 5.74) is 5.26. The van der Waals surface area contributed by atoms with Gasteiger partial charge in [-0.1, -0.05) is 62.8 Å². The zero-order chi connectivity index (χ0) is 13.4. The first kappa shape index (κ1) is 15.5. The Balaban J connectivity index is 2.47. The zero-order valence-electron chi connectivity index (χ0n) is 11.5. The molecule has 0 fully saturated rings. The molecular weight excluding hydrogens is 244 g/mol. The first-order valence-electron chi connectivity index (χ1n) is 6.91. The van der Waals surface area contributed by atoms with Crippen LogP contribution in [0, 0.1) is 6.92 Å². The van der Waals surface area contributed by atoms with E-state index in [1.807, 2.05) is 13.0 Å². The predicted molar refractivity (Wildman–Crippen MR) is 79.6 cm³/mol. The van der Waals surface area contributed by atoms with Gasteiger partial charge in [0.05, 0.1) is 0 Å². The third-order valence-electron chi connectivity index (χ3n) is 3.38. The Kier molecular flexibility index (Phi) is 7.33. The first-order chi connectivity index (χ1) is 8.69. The summed E-state index contributed by atoms with van der Waals surface area (Å²) in [7, 11) is 0. The molecule has 3 N–H and O–H groups in total. The van der Waals surface area contributed by atoms with Crippen molar-refractivity contribution in [2.45, 2.75) is 58.4 Å². The van der Waals surface area contributed by atoms with Gasteiger partial charge in [0.1, 0.15) is 0 Å². The molecule has 0 heterocycles. The smallest absolute Gasteiger partial charge is 0.0460 e. The molecule has 0 aliphatic carbocycles. The molecular formula is C15H25ClN2. The average molecular weight is 269 g/mol. The Bertz CT molecular complexity index is 352. The van der Waals surface area contributed by atoms with Gasteiger partial charge >= 0.3 is 0 Å². The number of hydrogen-bond donors (Lipinski definition) is 2. The number of benzene rings is 1. The number of aryl methyl sites for hydroxylation is 1. The second kappa shape index (κ2) is 8.52. The molecule has 1 aromatic rings. The van der Waals surface area contributed by atoms with Crippen LogP contribution in [0.4, 0.5) is 0 Å². The van der Waals surface area contributed by atoms with E-state index in [-0.39, 0.29) is 6.04 Å². The minimum Gasteiger partial charge on any atom is -0.271 e. The van der Waals surface area contributed by atoms with Crippen molar-refractivity contribution in [3.63, 3.8) is 0 Å². The fourth-order valence-corrected chi connectivity index (χ4v) is 2.30. The second-order valence-electron chi connectivity index (χ2n) is 4.93. The molecule has 2 nitrogen and oxygen atoms in total. The molecule has 1 aromatic carbocycles. The van der Waals surface area contributed by atoms with E-state index in [4.69, 9.17) is 17.4 Å². The number of nitrogens with one attached hydrogen (secondary N) is 1. The molecule has 0 bridgehead atoms. The maximum atomic E-state index is 6.04. The maximum Gasteiger partial charge on any atom is 0.0460 e. The molecule has 18 heavy (non-hydrogen) atoms. The number of rotatable bonds is 8. The Morgan fingerprint density at radius 1 is 1.22 bits per heavy atom. The van der Waals surface area contributed by atoms with Gasteiger partial charge in [-0.3, -0.25) is 11.3 Å². The van der Waals surface area contributed by atoms with Crippen LogP contribution in [-0.4, -0.2) is 0 Å². The lowest BCUT2D eigenvalue weighted by Gasteiger charge is -2.17. The van der Waals surface area contributed by atoms with E-state index < -0.39 is 0 Å². The zero-order valence-corrected chi connectivity index (χ0v) is 12.3. The van der Waals surface area contributed by atoms with Crippen LogP contribution in [0.1, 0.15) is 62.6 Å². The normalized spacial score (nSPS) is 12.7. The molecule has 0 aliphatic heterocycles. The fraction of sp³-hybridized carbons (Fsp3) is 0.600. The van der Waals surface area contributed by atoms with E-state index in [2.05, 4.69) is 24.5 Å². The lowest BCUT2D eigenvalue weighted by Crippen LogP contribution is -2.28. The second-order valence-corrected chi connectivity index (χ2v) is 5.34. The summed E-state index contributed by atoms with van der Waals surface area (Å²) in [5, 5.41) is 0.817. The van der Waals surface area contributed by atoms with E-state index in [0.29, 0.717) is 0 Å². The third kappa shape index (κ3) is 4.97. The minimum absolute atomic E-state index is 0.239. The van der Waals surface area contributed by atoms with Gasteiger partial charge < -0.3 is 0 Å². The van der Waals surface area contributed by atoms with Crippen LogP contribution in [0.15, 0.2) is 18.2 Å². The highest BCUT2D eigenvalue weighted by Crippen LogP contribution is 2.24. The number of halogens is 1. The Morgan fingerprint density at radius 3 is 2.56 bits per heavy atom. The van der Waals surface area contributed by atoms with E-state index in [0.717, 1.165) is 17.0 Å². The van der Waals surface area contributed by atoms with Crippen molar-refractivity contribution in [1.29, 1.82) is 0 Å². The van der Waals surface area contributed by atoms with Crippen molar-refractivity contribution >= 4 is 11.6 Å². The van der Waals surface area contributed by atoms with Crippen molar-refractivity contribution in [3.8, 4) is 0 Å². The number of hydrogen-bond acceptors (Lipinski definition) is 2. The van der Waals surface area contributed by atoms with Crippen molar-refractivity contribution < 1.29 is 0 Å². The fourth-order valence-electron chi connectivity index (χ4n) is 2.18. The van der Waals surface area contributed by atoms with E-state index in [1.54, 1.807) is 0 Å². The third-order valence-corrected chi connectivity index (χ3v) is 3.81. The molecule has 1 atom stereocenters. The van der Waals surface area contributed by atoms with Gasteiger partial charge in [0, 0.05) is 11.1 Å². The Hall–Kier alpha value is -0.570. The molecule has 0 saturated heterocycles. The van der Waals surface area contributed by atoms with Crippen molar-refractivity contribution in [1.82, 2.24) is 5.43 Å². The van der Waals surface area contributed by atoms with Crippen LogP contribution >= 0.6 is 11.6 Å². The lowest BCUT2D eigenvalue weighted by atomic mass is 9.99. The molecule has 0 radical (unpaired) electrons. The summed E-state index contributed by atoms with van der Waals surface area (Å²) in [6.45, 7) is 4.27. The van der Waals surface area contributed by atoms with Crippen LogP contribution in [0.5, 0.6) is 0 Å². The van der Waals surface area contributed by atoms with Crippen LogP contribution in [0.3, 0.4) is 0 Å². The largest absolute Gasteiger partial charge is 0.271 e. The topological polar surface area (TPSA) is 38.0 Å². The average Bonchev–Trinajstić information content (AvgIpc) is 2.37. The van der Waals surface area contributed by atoms with Gasteiger partial charge in [0.25, 0.3) is 0 Å². The molecule has 0 aliphatic rings. The van der Waals surface area contributed by atoms with Gasteiger partial charge in [-0.25, -0.2) is 0 Å². The Labute approximate surface area is 116 Å². The molecule has 0 spiro atoms. The molecule has 0 saturated carbocycles. The summed E-state index contributed by atoms with van der Waals surface area (Å²) < 4.78 is 0. The monoisotopic (exact) mass is 268 g/mol. The van der Waals surface area contributed by atoms with Crippen molar-refractivity contribution in [2.75, 3.05) is 0 Å². The summed E-state index contributed by atoms with van der Waals surface area (Å²) in [5.74, 6) is 5.65. The molecule has 0 amide bonds. The standard InChI is InChI=1S/C15H25ClN2/c1-3-4-5-6-7-8-15(18-17)13-9-10-14(16)12(2)11-13/h9-11,15,18H,3-8,17H2,1-2H3. The van der Waals surface area contributed by atoms with Gasteiger partial charge in [-0.2, -0.15) is 0 Å². The van der Waals surface area contributed by atoms with Crippen LogP contribution in [0.25, 0.3) is 0 Å². The first-order valence-corrected chi connectivity index (χ1v) is 7.29. The molecule has 0 aromatic heterocycles. The van der Waals surface area contributed by atoms with E-state index >= 15 is 0 Å². The van der Waals surface area contributed by atoms with Crippen LogP contribution < -0.4 is 11.3 Å². The molecule has 102 valence electrons. The maximum absolute atomic E-state index is 6.04. The van der Waals surface area contributed by atoms with Crippen LogP contribution in [-0.2, 0) is 0 Å². The van der Waals surface area contributed by atoms with Gasteiger partial charge in [0.2, 0.25) is 0 Å². The highest BCUT2D eigenvalue weighted by molar-refractivity contribution is 6.31. The Morgan fingerprint density at radius 2 is 1.94 bits per heavy atom. The number of hydrazine groups is 1. The quantitative estimate of drug-likeness (QED) is 0.413. The van der Waals surface area contributed by atoms with Crippen molar-refractivity contribution in [2.24, 2.45) is 5.84 Å². The summed E-state index contributed by atoms with van der Waals surface area (Å²) >= 11 is 6.04. The SMILES string of the molecule is CCCCCCCC(NN)c1ccc(Cl)c(C)c1. The number of unbranched alkanes of at least 4 members (excludes halogenated alkanes) is 4. The summed E-state index contributed by atoms with van der Waals surface area (Å²) in [6, 6.07) is 6.38. The molecule has 3 heteroatoms. The van der Waals surface area contributed by atoms with E-state index in [9.17, 15) is 0 Å². The van der Waals surface area contributed by atoms with Gasteiger partial charge in [0.15, 0.2) is 0 Å². The predicted octanol–water partition coefficient (Wildman–Crippen LogP) is 4.51. The number of nitrogens with two attached hydrogens (primary N) is 1. The summed E-state index contributed by atoms with van der Waals surface area (Å²) in [6.07, 6.45) is 7.54.